The molecular weight excluding hydrogens is 654 g/mol. The number of benzene rings is 2. The van der Waals surface area contributed by atoms with Gasteiger partial charge in [0.25, 0.3) is 0 Å². The number of aromatic nitrogens is 1. The van der Waals surface area contributed by atoms with Crippen LogP contribution in [0.4, 0.5) is 5.82 Å². The Bertz CT molecular complexity index is 1740. The van der Waals surface area contributed by atoms with Crippen molar-refractivity contribution in [3.8, 4) is 0 Å². The zero-order valence-electron chi connectivity index (χ0n) is 30.1. The third-order valence-electron chi connectivity index (χ3n) is 11.9. The fraction of sp³-hybridized carbons (Fsp3) is 0.524. The number of aliphatic carboxylic acids is 1. The molecule has 0 spiro atoms. The monoisotopic (exact) mass is 709 g/mol. The number of nitrogens with zero attached hydrogens (tertiary/aromatic N) is 1. The summed E-state index contributed by atoms with van der Waals surface area (Å²) < 4.78 is 0. The molecule has 3 aromatic rings. The first kappa shape index (κ1) is 37.3. The van der Waals surface area contributed by atoms with Crippen molar-refractivity contribution in [2.75, 3.05) is 18.5 Å². The molecule has 0 unspecified atom stereocenters. The van der Waals surface area contributed by atoms with Crippen LogP contribution in [-0.2, 0) is 20.8 Å². The molecule has 52 heavy (non-hydrogen) atoms. The van der Waals surface area contributed by atoms with Gasteiger partial charge in [-0.05, 0) is 120 Å². The lowest BCUT2D eigenvalue weighted by Gasteiger charge is -2.50. The molecule has 3 aliphatic rings. The number of rotatable bonds is 19. The van der Waals surface area contributed by atoms with E-state index >= 15 is 0 Å². The molecule has 2 aliphatic carbocycles. The van der Waals surface area contributed by atoms with Crippen LogP contribution >= 0.6 is 0 Å². The summed E-state index contributed by atoms with van der Waals surface area (Å²) in [5.41, 5.74) is 10.8. The number of hydrogen-bond donors (Lipinski definition) is 6. The number of aldehydes is 2. The van der Waals surface area contributed by atoms with Crippen molar-refractivity contribution in [3.05, 3.63) is 77.0 Å². The van der Waals surface area contributed by atoms with Gasteiger partial charge in [-0.25, -0.2) is 4.79 Å². The van der Waals surface area contributed by atoms with Crippen molar-refractivity contribution < 1.29 is 24.6 Å². The van der Waals surface area contributed by atoms with Gasteiger partial charge in [-0.2, -0.15) is 0 Å². The molecule has 1 aliphatic heterocycles. The van der Waals surface area contributed by atoms with Crippen LogP contribution in [0.15, 0.2) is 65.3 Å². The molecule has 10 heteroatoms. The van der Waals surface area contributed by atoms with E-state index in [0.717, 1.165) is 99.1 Å². The van der Waals surface area contributed by atoms with Gasteiger partial charge >= 0.3 is 5.97 Å². The highest BCUT2D eigenvalue weighted by atomic mass is 16.4. The lowest BCUT2D eigenvalue weighted by Crippen LogP contribution is -2.51. The van der Waals surface area contributed by atoms with Crippen LogP contribution in [0.5, 0.6) is 0 Å². The second-order valence-electron chi connectivity index (χ2n) is 15.2. The molecule has 1 aromatic heterocycles. The highest BCUT2D eigenvalue weighted by Crippen LogP contribution is 2.56. The molecule has 278 valence electrons. The van der Waals surface area contributed by atoms with Crippen molar-refractivity contribution in [1.82, 2.24) is 10.3 Å². The number of hydrogen-bond acceptors (Lipinski definition) is 8. The second kappa shape index (κ2) is 17.9. The molecule has 7 N–H and O–H groups in total. The zero-order chi connectivity index (χ0) is 36.5. The number of fused-ring (bicyclic) bond motifs is 5. The predicted octanol–water partition coefficient (Wildman–Crippen LogP) is 6.60. The lowest BCUT2D eigenvalue weighted by molar-refractivity contribution is -0.131. The Balaban J connectivity index is 1.33. The molecule has 1 fully saturated rings. The number of aliphatic hydroxyl groups is 1. The number of aromatic amines is 1. The van der Waals surface area contributed by atoms with E-state index in [-0.39, 0.29) is 36.4 Å². The fourth-order valence-electron chi connectivity index (χ4n) is 9.46. The fourth-order valence-corrected chi connectivity index (χ4v) is 9.46. The second-order valence-corrected chi connectivity index (χ2v) is 15.2. The van der Waals surface area contributed by atoms with Gasteiger partial charge in [0.1, 0.15) is 18.4 Å². The first-order chi connectivity index (χ1) is 25.4. The Morgan fingerprint density at radius 2 is 1.83 bits per heavy atom. The van der Waals surface area contributed by atoms with E-state index in [2.05, 4.69) is 50.9 Å². The van der Waals surface area contributed by atoms with Crippen molar-refractivity contribution in [2.24, 2.45) is 28.5 Å². The Kier molecular flexibility index (Phi) is 12.8. The molecule has 0 radical (unpaired) electrons. The number of carboxylic acids is 1. The van der Waals surface area contributed by atoms with Crippen molar-refractivity contribution in [1.29, 1.82) is 0 Å². The van der Waals surface area contributed by atoms with Crippen LogP contribution < -0.4 is 16.4 Å². The topological polar surface area (TPSA) is 170 Å². The summed E-state index contributed by atoms with van der Waals surface area (Å²) in [5, 5.41) is 28.8. The summed E-state index contributed by atoms with van der Waals surface area (Å²) in [6, 6.07) is 14.6. The van der Waals surface area contributed by atoms with Crippen LogP contribution in [0.2, 0.25) is 0 Å². The number of anilines is 1. The number of aliphatic hydroxyl groups excluding tert-OH is 1. The predicted molar refractivity (Wildman–Crippen MR) is 206 cm³/mol. The number of H-pyrrole nitrogens is 1. The van der Waals surface area contributed by atoms with Crippen LogP contribution in [-0.4, -0.2) is 64.9 Å². The molecule has 2 bridgehead atoms. The Labute approximate surface area is 306 Å². The molecule has 1 saturated carbocycles. The average molecular weight is 710 g/mol. The molecule has 2 heterocycles. The SMILES string of the molecule is NC1=NCC[C@H](/C(=C\C(=O)O)[C@H](Nc2ccc[nH]2)[C@@H]2CC[C@@H]3C[C@H]2[C@@H](CCCCCC[C@H](C=O)CCCO)c2cc4cc(CC=O)ccc4cc23)N1. The molecule has 0 amide bonds. The van der Waals surface area contributed by atoms with Gasteiger partial charge in [-0.3, -0.25) is 4.99 Å². The summed E-state index contributed by atoms with van der Waals surface area (Å²) in [6.45, 7) is 0.661. The summed E-state index contributed by atoms with van der Waals surface area (Å²) in [4.78, 5) is 43.0. The normalized spacial score (nSPS) is 23.9. The van der Waals surface area contributed by atoms with Crippen LogP contribution in [0, 0.1) is 17.8 Å². The van der Waals surface area contributed by atoms with Gasteiger partial charge in [0.05, 0.1) is 12.1 Å². The number of guanidine groups is 1. The lowest BCUT2D eigenvalue weighted by atomic mass is 9.56. The number of unbranched alkanes of at least 4 members (excludes halogenated alkanes) is 3. The minimum Gasteiger partial charge on any atom is -0.478 e. The third-order valence-corrected chi connectivity index (χ3v) is 11.9. The van der Waals surface area contributed by atoms with Gasteiger partial charge in [0, 0.05) is 37.8 Å². The van der Waals surface area contributed by atoms with Crippen LogP contribution in [0.3, 0.4) is 0 Å². The molecule has 6 rings (SSSR count). The van der Waals surface area contributed by atoms with Crippen LogP contribution in [0.1, 0.15) is 106 Å². The number of aliphatic imine (C=N–C) groups is 1. The van der Waals surface area contributed by atoms with Crippen molar-refractivity contribution in [3.63, 3.8) is 0 Å². The van der Waals surface area contributed by atoms with E-state index < -0.39 is 5.97 Å². The van der Waals surface area contributed by atoms with Gasteiger partial charge in [0.15, 0.2) is 5.96 Å². The minimum atomic E-state index is -0.971. The maximum atomic E-state index is 12.5. The maximum Gasteiger partial charge on any atom is 0.328 e. The smallest absolute Gasteiger partial charge is 0.328 e. The van der Waals surface area contributed by atoms with Gasteiger partial charge in [0.2, 0.25) is 0 Å². The number of carbonyl (C=O) groups excluding carboxylic acids is 2. The highest BCUT2D eigenvalue weighted by molar-refractivity contribution is 5.86. The quantitative estimate of drug-likeness (QED) is 0.0459. The molecule has 10 nitrogen and oxygen atoms in total. The highest BCUT2D eigenvalue weighted by Gasteiger charge is 2.46. The van der Waals surface area contributed by atoms with E-state index in [9.17, 15) is 24.6 Å². The van der Waals surface area contributed by atoms with E-state index in [1.807, 2.05) is 18.3 Å². The Morgan fingerprint density at radius 1 is 1.00 bits per heavy atom. The number of nitrogens with two attached hydrogens (primary N) is 1. The third kappa shape index (κ3) is 8.95. The van der Waals surface area contributed by atoms with E-state index in [4.69, 9.17) is 5.73 Å². The van der Waals surface area contributed by atoms with Gasteiger partial charge < -0.3 is 41.2 Å². The van der Waals surface area contributed by atoms with Crippen LogP contribution in [0.25, 0.3) is 10.8 Å². The van der Waals surface area contributed by atoms with E-state index in [1.165, 1.54) is 22.6 Å². The zero-order valence-corrected chi connectivity index (χ0v) is 30.1. The first-order valence-corrected chi connectivity index (χ1v) is 19.4. The Hall–Kier alpha value is -4.44. The molecule has 7 atom stereocenters. The molecule has 2 aromatic carbocycles. The van der Waals surface area contributed by atoms with Gasteiger partial charge in [-0.1, -0.05) is 56.0 Å². The Morgan fingerprint density at radius 3 is 2.58 bits per heavy atom. The molecule has 0 saturated heterocycles. The van der Waals surface area contributed by atoms with E-state index in [1.54, 1.807) is 0 Å². The summed E-state index contributed by atoms with van der Waals surface area (Å²) in [7, 11) is 0. The van der Waals surface area contributed by atoms with Crippen molar-refractivity contribution >= 4 is 41.1 Å². The van der Waals surface area contributed by atoms with E-state index in [0.29, 0.717) is 43.6 Å². The maximum absolute atomic E-state index is 12.5. The summed E-state index contributed by atoms with van der Waals surface area (Å²) >= 11 is 0. The number of carboxylic acid groups (broad SMARTS) is 1. The van der Waals surface area contributed by atoms with Gasteiger partial charge in [-0.15, -0.1) is 0 Å². The standard InChI is InChI=1S/C42H55N5O5/c43-42-45-18-15-38(46-42)37(25-40(51)52)41(47-39-10-5-17-44-39)33-14-13-30-23-35(33)32(9-4-2-1-3-7-28(26-50)8-6-19-48)36-24-31-21-27(16-20-49)11-12-29(31)22-34(30)36/h5,10-12,17,20-22,24-26,28,30,32-33,35,38,41,44,47-48H,1-4,6-9,13-16,18-19,23H2,(H,51,52)(H3,43,45,46)/b37-25+/t28-,30+,32+,33+,35-,38+,41+/m0/s1. The number of carbonyl (C=O) groups is 3. The molecular formula is C42H55N5O5. The average Bonchev–Trinajstić information content (AvgIpc) is 3.66. The first-order valence-electron chi connectivity index (χ1n) is 19.4. The number of nitrogens with one attached hydrogen (secondary N) is 3. The summed E-state index contributed by atoms with van der Waals surface area (Å²) in [5.74, 6) is 1.45. The summed E-state index contributed by atoms with van der Waals surface area (Å²) in [6.07, 6.45) is 16.9. The minimum absolute atomic E-state index is 0.0205. The largest absolute Gasteiger partial charge is 0.478 e. The van der Waals surface area contributed by atoms with Crippen molar-refractivity contribution in [2.45, 2.75) is 107 Å².